The monoisotopic (exact) mass is 423 g/mol. The summed E-state index contributed by atoms with van der Waals surface area (Å²) < 4.78 is 43.3. The Morgan fingerprint density at radius 3 is 2.37 bits per heavy atom. The molecule has 7 heteroatoms. The maximum Gasteiger partial charge on any atom is 0.264 e. The molecule has 154 valence electrons. The molecule has 1 N–H and O–H groups in total. The molecule has 5 nitrogen and oxygen atoms in total. The van der Waals surface area contributed by atoms with Crippen molar-refractivity contribution in [1.29, 1.82) is 0 Å². The van der Waals surface area contributed by atoms with Gasteiger partial charge in [-0.1, -0.05) is 36.4 Å². The molecule has 0 radical (unpaired) electrons. The first-order valence-electron chi connectivity index (χ1n) is 9.78. The second-order valence-corrected chi connectivity index (χ2v) is 8.64. The number of imidazole rings is 1. The fraction of sp³-hybridized carbons (Fsp3) is 0.174. The van der Waals surface area contributed by atoms with E-state index in [1.54, 1.807) is 12.1 Å². The summed E-state index contributed by atoms with van der Waals surface area (Å²) in [4.78, 5) is 4.37. The fourth-order valence-electron chi connectivity index (χ4n) is 3.54. The zero-order valence-electron chi connectivity index (χ0n) is 16.5. The molecular formula is C23H22FN3O2S. The topological polar surface area (TPSA) is 64.0 Å². The highest BCUT2D eigenvalue weighted by Gasteiger charge is 2.18. The van der Waals surface area contributed by atoms with E-state index < -0.39 is 15.8 Å². The van der Waals surface area contributed by atoms with Gasteiger partial charge in [0.05, 0.1) is 11.0 Å². The Labute approximate surface area is 175 Å². The van der Waals surface area contributed by atoms with Crippen LogP contribution in [0.3, 0.4) is 0 Å². The van der Waals surface area contributed by atoms with E-state index in [0.29, 0.717) is 5.69 Å². The van der Waals surface area contributed by atoms with Gasteiger partial charge in [-0.15, -0.1) is 0 Å². The summed E-state index contributed by atoms with van der Waals surface area (Å²) in [6, 6.07) is 20.5. The summed E-state index contributed by atoms with van der Waals surface area (Å²) in [5.74, 6) is 0.253. The van der Waals surface area contributed by atoms with Crippen LogP contribution < -0.4 is 4.72 Å². The van der Waals surface area contributed by atoms with Gasteiger partial charge >= 0.3 is 0 Å². The first-order valence-corrected chi connectivity index (χ1v) is 11.3. The number of sulfonamides is 1. The van der Waals surface area contributed by atoms with Crippen LogP contribution in [0.2, 0.25) is 0 Å². The predicted molar refractivity (Wildman–Crippen MR) is 116 cm³/mol. The van der Waals surface area contributed by atoms with Gasteiger partial charge in [-0.05, 0) is 55.3 Å². The third-order valence-electron chi connectivity index (χ3n) is 5.02. The van der Waals surface area contributed by atoms with Crippen molar-refractivity contribution < 1.29 is 12.8 Å². The minimum absolute atomic E-state index is 0.368. The Kier molecular flexibility index (Phi) is 5.55. The Morgan fingerprint density at radius 1 is 0.933 bits per heavy atom. The van der Waals surface area contributed by atoms with Crippen LogP contribution >= 0.6 is 0 Å². The van der Waals surface area contributed by atoms with Crippen molar-refractivity contribution >= 4 is 26.7 Å². The number of nitrogens with one attached hydrogen (secondary N) is 1. The highest BCUT2D eigenvalue weighted by molar-refractivity contribution is 7.92. The largest absolute Gasteiger partial charge is 0.328 e. The molecule has 30 heavy (non-hydrogen) atoms. The Morgan fingerprint density at radius 2 is 1.63 bits per heavy atom. The minimum Gasteiger partial charge on any atom is -0.328 e. The van der Waals surface area contributed by atoms with Crippen molar-refractivity contribution in [3.8, 4) is 0 Å². The summed E-state index contributed by atoms with van der Waals surface area (Å²) >= 11 is 0. The summed E-state index contributed by atoms with van der Waals surface area (Å²) in [6.45, 7) is 2.96. The number of para-hydroxylation sites is 2. The van der Waals surface area contributed by atoms with Gasteiger partial charge in [0.15, 0.2) is 0 Å². The molecule has 0 spiro atoms. The molecule has 3 aromatic carbocycles. The van der Waals surface area contributed by atoms with E-state index >= 15 is 0 Å². The molecule has 0 bridgehead atoms. The van der Waals surface area contributed by atoms with Crippen LogP contribution in [0.25, 0.3) is 11.0 Å². The normalized spacial score (nSPS) is 11.7. The first kappa shape index (κ1) is 20.1. The molecule has 0 saturated heterocycles. The lowest BCUT2D eigenvalue weighted by atomic mass is 10.1. The molecule has 0 aliphatic rings. The van der Waals surface area contributed by atoms with Crippen LogP contribution in [-0.4, -0.2) is 18.0 Å². The second kappa shape index (κ2) is 8.28. The van der Waals surface area contributed by atoms with Gasteiger partial charge in [-0.25, -0.2) is 17.8 Å². The molecular weight excluding hydrogens is 401 g/mol. The lowest BCUT2D eigenvalue weighted by Gasteiger charge is -2.10. The third-order valence-corrected chi connectivity index (χ3v) is 6.43. The number of rotatable bonds is 7. The lowest BCUT2D eigenvalue weighted by molar-refractivity contribution is 0.570. The van der Waals surface area contributed by atoms with Crippen LogP contribution in [0.4, 0.5) is 10.1 Å². The van der Waals surface area contributed by atoms with Gasteiger partial charge in [0, 0.05) is 18.7 Å². The Balaban J connectivity index is 1.46. The standard InChI is InChI=1S/C23H22FN3O2S/c1-2-27-21-9-5-4-8-20(21)25-23(27)16-13-17-11-14-18(15-12-17)26-30(28,29)22-10-6-3-7-19(22)24/h3-12,14-15,26H,2,13,16H2,1H3. The van der Waals surface area contributed by atoms with Crippen LogP contribution in [0.15, 0.2) is 77.7 Å². The van der Waals surface area contributed by atoms with E-state index in [9.17, 15) is 12.8 Å². The minimum atomic E-state index is -3.97. The molecule has 0 aliphatic carbocycles. The van der Waals surface area contributed by atoms with E-state index in [-0.39, 0.29) is 4.90 Å². The molecule has 0 atom stereocenters. The van der Waals surface area contributed by atoms with Crippen LogP contribution in [0.1, 0.15) is 18.3 Å². The van der Waals surface area contributed by atoms with E-state index in [4.69, 9.17) is 4.98 Å². The van der Waals surface area contributed by atoms with Crippen LogP contribution in [-0.2, 0) is 29.4 Å². The average molecular weight is 424 g/mol. The van der Waals surface area contributed by atoms with Crippen molar-refractivity contribution in [2.24, 2.45) is 0 Å². The molecule has 0 amide bonds. The highest BCUT2D eigenvalue weighted by Crippen LogP contribution is 2.21. The molecule has 1 heterocycles. The quantitative estimate of drug-likeness (QED) is 0.465. The average Bonchev–Trinajstić information content (AvgIpc) is 3.10. The van der Waals surface area contributed by atoms with Crippen molar-refractivity contribution in [2.75, 3.05) is 4.72 Å². The van der Waals surface area contributed by atoms with E-state index in [1.165, 1.54) is 18.2 Å². The number of aryl methyl sites for hydroxylation is 3. The van der Waals surface area contributed by atoms with Gasteiger partial charge in [0.2, 0.25) is 0 Å². The second-order valence-electron chi connectivity index (χ2n) is 6.99. The SMILES string of the molecule is CCn1c(CCc2ccc(NS(=O)(=O)c3ccccc3F)cc2)nc2ccccc21. The maximum absolute atomic E-state index is 13.8. The number of nitrogens with zero attached hydrogens (tertiary/aromatic N) is 2. The summed E-state index contributed by atoms with van der Waals surface area (Å²) in [6.07, 6.45) is 1.56. The van der Waals surface area contributed by atoms with Crippen LogP contribution in [0.5, 0.6) is 0 Å². The van der Waals surface area contributed by atoms with E-state index in [2.05, 4.69) is 22.3 Å². The van der Waals surface area contributed by atoms with Crippen LogP contribution in [0, 0.1) is 5.82 Å². The van der Waals surface area contributed by atoms with Gasteiger partial charge < -0.3 is 4.57 Å². The molecule has 0 unspecified atom stereocenters. The number of fused-ring (bicyclic) bond motifs is 1. The van der Waals surface area contributed by atoms with E-state index in [0.717, 1.165) is 47.9 Å². The Bertz CT molecular complexity index is 1280. The molecule has 4 rings (SSSR count). The summed E-state index contributed by atoms with van der Waals surface area (Å²) in [5, 5.41) is 0. The molecule has 1 aromatic heterocycles. The third kappa shape index (κ3) is 4.07. The van der Waals surface area contributed by atoms with Crippen molar-refractivity contribution in [3.05, 3.63) is 90.0 Å². The number of benzene rings is 3. The zero-order chi connectivity index (χ0) is 21.1. The lowest BCUT2D eigenvalue weighted by Crippen LogP contribution is -2.14. The summed E-state index contributed by atoms with van der Waals surface area (Å²) in [5.41, 5.74) is 3.58. The molecule has 0 saturated carbocycles. The Hall–Kier alpha value is -3.19. The fourth-order valence-corrected chi connectivity index (χ4v) is 4.68. The molecule has 0 fully saturated rings. The van der Waals surface area contributed by atoms with Crippen molar-refractivity contribution in [2.45, 2.75) is 31.2 Å². The number of anilines is 1. The van der Waals surface area contributed by atoms with Gasteiger partial charge in [-0.3, -0.25) is 4.72 Å². The number of hydrogen-bond acceptors (Lipinski definition) is 3. The van der Waals surface area contributed by atoms with E-state index in [1.807, 2.05) is 30.3 Å². The van der Waals surface area contributed by atoms with Gasteiger partial charge in [0.25, 0.3) is 10.0 Å². The smallest absolute Gasteiger partial charge is 0.264 e. The first-order chi connectivity index (χ1) is 14.5. The number of halogens is 1. The zero-order valence-corrected chi connectivity index (χ0v) is 17.4. The highest BCUT2D eigenvalue weighted by atomic mass is 32.2. The number of hydrogen-bond donors (Lipinski definition) is 1. The van der Waals surface area contributed by atoms with Gasteiger partial charge in [-0.2, -0.15) is 0 Å². The van der Waals surface area contributed by atoms with Crippen molar-refractivity contribution in [3.63, 3.8) is 0 Å². The van der Waals surface area contributed by atoms with Gasteiger partial charge in [0.1, 0.15) is 16.5 Å². The van der Waals surface area contributed by atoms with Crippen molar-refractivity contribution in [1.82, 2.24) is 9.55 Å². The number of aromatic nitrogens is 2. The predicted octanol–water partition coefficient (Wildman–Crippen LogP) is 4.78. The summed E-state index contributed by atoms with van der Waals surface area (Å²) in [7, 11) is -3.97. The molecule has 0 aliphatic heterocycles. The molecule has 4 aromatic rings. The maximum atomic E-state index is 13.8.